The maximum Gasteiger partial charge on any atom is 0.246 e. The van der Waals surface area contributed by atoms with Crippen LogP contribution in [0.25, 0.3) is 0 Å². The summed E-state index contributed by atoms with van der Waals surface area (Å²) in [6.45, 7) is 6.83. The van der Waals surface area contributed by atoms with Crippen LogP contribution in [-0.2, 0) is 4.79 Å². The molecule has 86 valence electrons. The molecule has 1 aliphatic heterocycles. The van der Waals surface area contributed by atoms with Crippen molar-refractivity contribution in [2.45, 2.75) is 26.7 Å². The van der Waals surface area contributed by atoms with E-state index in [1.807, 2.05) is 25.8 Å². The fourth-order valence-electron chi connectivity index (χ4n) is 1.98. The lowest BCUT2D eigenvalue weighted by Gasteiger charge is -2.31. The standard InChI is InChI=1S/C12H22N2O/c1-10(2)8-12(15)14-6-4-11(5-7-14)9-13-3/h8,11,13H,4-7,9H2,1-3H3. The Kier molecular flexibility index (Phi) is 4.82. The van der Waals surface area contributed by atoms with Crippen LogP contribution in [0, 0.1) is 5.92 Å². The van der Waals surface area contributed by atoms with E-state index in [4.69, 9.17) is 0 Å². The zero-order chi connectivity index (χ0) is 11.3. The van der Waals surface area contributed by atoms with E-state index in [2.05, 4.69) is 5.32 Å². The molecular formula is C12H22N2O. The first kappa shape index (κ1) is 12.2. The summed E-state index contributed by atoms with van der Waals surface area (Å²) < 4.78 is 0. The van der Waals surface area contributed by atoms with Crippen molar-refractivity contribution in [3.8, 4) is 0 Å². The van der Waals surface area contributed by atoms with E-state index in [1.165, 1.54) is 0 Å². The third-order valence-corrected chi connectivity index (χ3v) is 2.83. The Morgan fingerprint density at radius 3 is 2.47 bits per heavy atom. The molecule has 0 spiro atoms. The largest absolute Gasteiger partial charge is 0.339 e. The number of nitrogens with one attached hydrogen (secondary N) is 1. The van der Waals surface area contributed by atoms with Gasteiger partial charge in [0.15, 0.2) is 0 Å². The van der Waals surface area contributed by atoms with Crippen molar-refractivity contribution in [3.05, 3.63) is 11.6 Å². The van der Waals surface area contributed by atoms with E-state index in [0.717, 1.165) is 44.0 Å². The molecule has 1 aliphatic rings. The van der Waals surface area contributed by atoms with E-state index in [9.17, 15) is 4.79 Å². The van der Waals surface area contributed by atoms with Gasteiger partial charge in [0.1, 0.15) is 0 Å². The second-order valence-electron chi connectivity index (χ2n) is 4.55. The van der Waals surface area contributed by atoms with Crippen LogP contribution in [-0.4, -0.2) is 37.5 Å². The maximum atomic E-state index is 11.7. The highest BCUT2D eigenvalue weighted by molar-refractivity contribution is 5.88. The van der Waals surface area contributed by atoms with Crippen LogP contribution < -0.4 is 5.32 Å². The summed E-state index contributed by atoms with van der Waals surface area (Å²) in [5.74, 6) is 0.920. The van der Waals surface area contributed by atoms with Crippen molar-refractivity contribution < 1.29 is 4.79 Å². The molecule has 3 nitrogen and oxygen atoms in total. The Morgan fingerprint density at radius 1 is 1.40 bits per heavy atom. The van der Waals surface area contributed by atoms with E-state index in [1.54, 1.807) is 6.08 Å². The molecule has 0 aromatic rings. The predicted molar refractivity (Wildman–Crippen MR) is 62.7 cm³/mol. The first-order valence-electron chi connectivity index (χ1n) is 5.72. The van der Waals surface area contributed by atoms with E-state index in [-0.39, 0.29) is 5.91 Å². The van der Waals surface area contributed by atoms with Crippen LogP contribution in [0.5, 0.6) is 0 Å². The molecule has 3 heteroatoms. The molecule has 1 saturated heterocycles. The monoisotopic (exact) mass is 210 g/mol. The minimum absolute atomic E-state index is 0.179. The fourth-order valence-corrected chi connectivity index (χ4v) is 1.98. The first-order chi connectivity index (χ1) is 7.13. The Hall–Kier alpha value is -0.830. The number of allylic oxidation sites excluding steroid dienone is 1. The average molecular weight is 210 g/mol. The minimum Gasteiger partial charge on any atom is -0.339 e. The van der Waals surface area contributed by atoms with Gasteiger partial charge < -0.3 is 10.2 Å². The van der Waals surface area contributed by atoms with Crippen LogP contribution in [0.3, 0.4) is 0 Å². The van der Waals surface area contributed by atoms with Gasteiger partial charge in [-0.05, 0) is 46.2 Å². The average Bonchev–Trinajstić information content (AvgIpc) is 2.18. The van der Waals surface area contributed by atoms with Crippen molar-refractivity contribution >= 4 is 5.91 Å². The molecule has 0 aromatic carbocycles. The van der Waals surface area contributed by atoms with Crippen molar-refractivity contribution in [1.29, 1.82) is 0 Å². The number of rotatable bonds is 3. The second-order valence-corrected chi connectivity index (χ2v) is 4.55. The Balaban J connectivity index is 2.37. The molecule has 1 amide bonds. The number of carbonyl (C=O) groups is 1. The van der Waals surface area contributed by atoms with Crippen LogP contribution in [0.4, 0.5) is 0 Å². The molecule has 0 aromatic heterocycles. The number of nitrogens with zero attached hydrogens (tertiary/aromatic N) is 1. The van der Waals surface area contributed by atoms with Gasteiger partial charge in [-0.2, -0.15) is 0 Å². The third kappa shape index (κ3) is 4.04. The molecule has 0 atom stereocenters. The van der Waals surface area contributed by atoms with Gasteiger partial charge in [0.25, 0.3) is 0 Å². The van der Waals surface area contributed by atoms with Crippen LogP contribution in [0.1, 0.15) is 26.7 Å². The molecule has 15 heavy (non-hydrogen) atoms. The van der Waals surface area contributed by atoms with Crippen molar-refractivity contribution in [2.75, 3.05) is 26.7 Å². The second kappa shape index (κ2) is 5.91. The highest BCUT2D eigenvalue weighted by Crippen LogP contribution is 2.16. The van der Waals surface area contributed by atoms with Gasteiger partial charge in [0.05, 0.1) is 0 Å². The Morgan fingerprint density at radius 2 is 2.00 bits per heavy atom. The summed E-state index contributed by atoms with van der Waals surface area (Å²) in [5.41, 5.74) is 1.08. The van der Waals surface area contributed by atoms with Gasteiger partial charge in [-0.1, -0.05) is 5.57 Å². The number of hydrogen-bond acceptors (Lipinski definition) is 2. The molecule has 1 fully saturated rings. The topological polar surface area (TPSA) is 32.3 Å². The SMILES string of the molecule is CNCC1CCN(C(=O)C=C(C)C)CC1. The van der Waals surface area contributed by atoms with Gasteiger partial charge in [0.2, 0.25) is 5.91 Å². The highest BCUT2D eigenvalue weighted by Gasteiger charge is 2.20. The van der Waals surface area contributed by atoms with Gasteiger partial charge in [-0.3, -0.25) is 4.79 Å². The summed E-state index contributed by atoms with van der Waals surface area (Å²) in [5, 5.41) is 3.20. The lowest BCUT2D eigenvalue weighted by molar-refractivity contribution is -0.127. The molecule has 0 unspecified atom stereocenters. The lowest BCUT2D eigenvalue weighted by atomic mass is 9.97. The highest BCUT2D eigenvalue weighted by atomic mass is 16.2. The molecule has 0 saturated carbocycles. The van der Waals surface area contributed by atoms with Gasteiger partial charge >= 0.3 is 0 Å². The number of hydrogen-bond donors (Lipinski definition) is 1. The van der Waals surface area contributed by atoms with Crippen molar-refractivity contribution in [1.82, 2.24) is 10.2 Å². The molecule has 0 bridgehead atoms. The summed E-state index contributed by atoms with van der Waals surface area (Å²) in [4.78, 5) is 13.7. The molecule has 1 heterocycles. The number of carbonyl (C=O) groups excluding carboxylic acids is 1. The third-order valence-electron chi connectivity index (χ3n) is 2.83. The van der Waals surface area contributed by atoms with Crippen LogP contribution in [0.2, 0.25) is 0 Å². The minimum atomic E-state index is 0.179. The molecule has 0 aliphatic carbocycles. The van der Waals surface area contributed by atoms with Gasteiger partial charge in [0, 0.05) is 19.2 Å². The summed E-state index contributed by atoms with van der Waals surface area (Å²) in [6, 6.07) is 0. The van der Waals surface area contributed by atoms with Gasteiger partial charge in [-0.15, -0.1) is 0 Å². The van der Waals surface area contributed by atoms with E-state index >= 15 is 0 Å². The zero-order valence-corrected chi connectivity index (χ0v) is 10.0. The summed E-state index contributed by atoms with van der Waals surface area (Å²) in [6.07, 6.45) is 3.99. The zero-order valence-electron chi connectivity index (χ0n) is 10.0. The smallest absolute Gasteiger partial charge is 0.246 e. The summed E-state index contributed by atoms with van der Waals surface area (Å²) >= 11 is 0. The van der Waals surface area contributed by atoms with Crippen molar-refractivity contribution in [2.24, 2.45) is 5.92 Å². The normalized spacial score (nSPS) is 17.7. The van der Waals surface area contributed by atoms with E-state index < -0.39 is 0 Å². The van der Waals surface area contributed by atoms with Crippen LogP contribution >= 0.6 is 0 Å². The molecule has 1 N–H and O–H groups in total. The number of piperidine rings is 1. The molecule has 1 rings (SSSR count). The Labute approximate surface area is 92.5 Å². The first-order valence-corrected chi connectivity index (χ1v) is 5.72. The quantitative estimate of drug-likeness (QED) is 0.714. The van der Waals surface area contributed by atoms with Crippen molar-refractivity contribution in [3.63, 3.8) is 0 Å². The summed E-state index contributed by atoms with van der Waals surface area (Å²) in [7, 11) is 1.99. The number of amides is 1. The predicted octanol–water partition coefficient (Wildman–Crippen LogP) is 1.41. The van der Waals surface area contributed by atoms with E-state index in [0.29, 0.717) is 0 Å². The fraction of sp³-hybridized carbons (Fsp3) is 0.750. The Bertz CT molecular complexity index is 236. The van der Waals surface area contributed by atoms with Gasteiger partial charge in [-0.25, -0.2) is 0 Å². The number of likely N-dealkylation sites (tertiary alicyclic amines) is 1. The maximum absolute atomic E-state index is 11.7. The van der Waals surface area contributed by atoms with Crippen LogP contribution in [0.15, 0.2) is 11.6 Å². The molecular weight excluding hydrogens is 188 g/mol. The lowest BCUT2D eigenvalue weighted by Crippen LogP contribution is -2.39. The molecule has 0 radical (unpaired) electrons.